The Morgan fingerprint density at radius 3 is 2.72 bits per heavy atom. The van der Waals surface area contributed by atoms with Gasteiger partial charge in [0.15, 0.2) is 0 Å². The summed E-state index contributed by atoms with van der Waals surface area (Å²) in [6.45, 7) is 6.08. The molecule has 0 spiro atoms. The highest BCUT2D eigenvalue weighted by Crippen LogP contribution is 2.20. The van der Waals surface area contributed by atoms with Gasteiger partial charge in [0, 0.05) is 12.1 Å². The Labute approximate surface area is 109 Å². The number of carbonyl (C=O) groups excluding carboxylic acids is 1. The molecule has 0 aromatic heterocycles. The molecule has 1 atom stereocenters. The van der Waals surface area contributed by atoms with Crippen molar-refractivity contribution in [3.8, 4) is 5.75 Å². The number of carbonyl (C=O) groups is 1. The van der Waals surface area contributed by atoms with Crippen molar-refractivity contribution in [1.82, 2.24) is 5.32 Å². The van der Waals surface area contributed by atoms with E-state index >= 15 is 0 Å². The number of methoxy groups -OCH3 is 1. The van der Waals surface area contributed by atoms with E-state index in [1.165, 1.54) is 0 Å². The predicted octanol–water partition coefficient (Wildman–Crippen LogP) is 1.65. The number of nitrogens with one attached hydrogen (secondary N) is 1. The van der Waals surface area contributed by atoms with E-state index < -0.39 is 5.54 Å². The van der Waals surface area contributed by atoms with E-state index in [2.05, 4.69) is 5.32 Å². The summed E-state index contributed by atoms with van der Waals surface area (Å²) in [4.78, 5) is 12.0. The molecule has 4 nitrogen and oxygen atoms in total. The number of nitrogens with two attached hydrogens (primary N) is 1. The Bertz CT molecular complexity index is 411. The average molecular weight is 250 g/mol. The van der Waals surface area contributed by atoms with Crippen LogP contribution in [-0.4, -0.2) is 25.1 Å². The molecule has 4 heteroatoms. The topological polar surface area (TPSA) is 64.3 Å². The van der Waals surface area contributed by atoms with E-state index in [9.17, 15) is 4.79 Å². The van der Waals surface area contributed by atoms with Crippen LogP contribution in [0.4, 0.5) is 0 Å². The summed E-state index contributed by atoms with van der Waals surface area (Å²) in [6, 6.07) is 7.53. The van der Waals surface area contributed by atoms with Crippen molar-refractivity contribution in [3.63, 3.8) is 0 Å². The van der Waals surface area contributed by atoms with Gasteiger partial charge in [-0.25, -0.2) is 0 Å². The highest BCUT2D eigenvalue weighted by molar-refractivity contribution is 5.83. The lowest BCUT2D eigenvalue weighted by Gasteiger charge is -2.21. The first-order valence-electron chi connectivity index (χ1n) is 6.04. The van der Waals surface area contributed by atoms with Gasteiger partial charge in [0.25, 0.3) is 0 Å². The van der Waals surface area contributed by atoms with Crippen LogP contribution in [0.5, 0.6) is 5.75 Å². The van der Waals surface area contributed by atoms with Gasteiger partial charge in [-0.2, -0.15) is 0 Å². The highest BCUT2D eigenvalue weighted by Gasteiger charge is 2.18. The molecule has 0 fully saturated rings. The van der Waals surface area contributed by atoms with Crippen molar-refractivity contribution in [2.24, 2.45) is 5.73 Å². The number of hydrogen-bond donors (Lipinski definition) is 2. The largest absolute Gasteiger partial charge is 0.497 e. The third-order valence-electron chi connectivity index (χ3n) is 2.71. The van der Waals surface area contributed by atoms with Crippen molar-refractivity contribution in [2.75, 3.05) is 13.7 Å². The fraction of sp³-hybridized carbons (Fsp3) is 0.500. The maximum Gasteiger partial charge on any atom is 0.227 e. The molecule has 0 aliphatic rings. The van der Waals surface area contributed by atoms with E-state index in [1.54, 1.807) is 7.11 Å². The molecule has 1 aromatic rings. The van der Waals surface area contributed by atoms with E-state index in [0.717, 1.165) is 11.3 Å². The van der Waals surface area contributed by atoms with Crippen LogP contribution < -0.4 is 15.8 Å². The lowest BCUT2D eigenvalue weighted by atomic mass is 9.99. The molecule has 0 saturated heterocycles. The molecule has 0 radical (unpaired) electrons. The summed E-state index contributed by atoms with van der Waals surface area (Å²) in [7, 11) is 1.61. The first-order chi connectivity index (χ1) is 8.33. The monoisotopic (exact) mass is 250 g/mol. The third kappa shape index (κ3) is 4.37. The minimum Gasteiger partial charge on any atom is -0.497 e. The molecular formula is C14H22N2O2. The Balaban J connectivity index is 2.68. The zero-order valence-corrected chi connectivity index (χ0v) is 11.5. The quantitative estimate of drug-likeness (QED) is 0.835. The maximum atomic E-state index is 12.0. The van der Waals surface area contributed by atoms with Crippen molar-refractivity contribution < 1.29 is 9.53 Å². The molecule has 100 valence electrons. The SMILES string of the molecule is COc1cccc(C(C)C(=O)NCC(C)(C)N)c1. The average Bonchev–Trinajstić information content (AvgIpc) is 2.34. The molecule has 3 N–H and O–H groups in total. The van der Waals surface area contributed by atoms with Crippen LogP contribution >= 0.6 is 0 Å². The standard InChI is InChI=1S/C14H22N2O2/c1-10(13(17)16-9-14(2,3)15)11-6-5-7-12(8-11)18-4/h5-8,10H,9,15H2,1-4H3,(H,16,17). The van der Waals surface area contributed by atoms with Gasteiger partial charge < -0.3 is 15.8 Å². The summed E-state index contributed by atoms with van der Waals surface area (Å²) >= 11 is 0. The molecule has 0 aliphatic heterocycles. The molecule has 1 amide bonds. The zero-order chi connectivity index (χ0) is 13.8. The smallest absolute Gasteiger partial charge is 0.227 e. The van der Waals surface area contributed by atoms with Crippen molar-refractivity contribution in [1.29, 1.82) is 0 Å². The third-order valence-corrected chi connectivity index (χ3v) is 2.71. The molecule has 18 heavy (non-hydrogen) atoms. The van der Waals surface area contributed by atoms with Crippen LogP contribution in [0.1, 0.15) is 32.3 Å². The fourth-order valence-electron chi connectivity index (χ4n) is 1.53. The van der Waals surface area contributed by atoms with Gasteiger partial charge in [0.05, 0.1) is 13.0 Å². The molecule has 1 unspecified atom stereocenters. The molecule has 1 rings (SSSR count). The van der Waals surface area contributed by atoms with Gasteiger partial charge in [-0.15, -0.1) is 0 Å². The maximum absolute atomic E-state index is 12.0. The van der Waals surface area contributed by atoms with Crippen LogP contribution in [0, 0.1) is 0 Å². The van der Waals surface area contributed by atoms with Gasteiger partial charge in [0.2, 0.25) is 5.91 Å². The van der Waals surface area contributed by atoms with E-state index in [0.29, 0.717) is 6.54 Å². The van der Waals surface area contributed by atoms with Gasteiger partial charge in [-0.05, 0) is 38.5 Å². The van der Waals surface area contributed by atoms with E-state index in [-0.39, 0.29) is 11.8 Å². The van der Waals surface area contributed by atoms with Gasteiger partial charge in [-0.3, -0.25) is 4.79 Å². The lowest BCUT2D eigenvalue weighted by Crippen LogP contribution is -2.46. The lowest BCUT2D eigenvalue weighted by molar-refractivity contribution is -0.122. The summed E-state index contributed by atoms with van der Waals surface area (Å²) in [5.41, 5.74) is 6.37. The number of benzene rings is 1. The predicted molar refractivity (Wildman–Crippen MR) is 72.7 cm³/mol. The second-order valence-electron chi connectivity index (χ2n) is 5.20. The Kier molecular flexibility index (Phi) is 4.73. The summed E-state index contributed by atoms with van der Waals surface area (Å²) in [6.07, 6.45) is 0. The van der Waals surface area contributed by atoms with Gasteiger partial charge >= 0.3 is 0 Å². The second-order valence-corrected chi connectivity index (χ2v) is 5.20. The van der Waals surface area contributed by atoms with Crippen LogP contribution in [0.3, 0.4) is 0 Å². The normalized spacial score (nSPS) is 12.9. The molecule has 0 bridgehead atoms. The number of ether oxygens (including phenoxy) is 1. The molecule has 0 aliphatic carbocycles. The Morgan fingerprint density at radius 2 is 2.17 bits per heavy atom. The molecule has 0 saturated carbocycles. The zero-order valence-electron chi connectivity index (χ0n) is 11.5. The highest BCUT2D eigenvalue weighted by atomic mass is 16.5. The number of rotatable bonds is 5. The summed E-state index contributed by atoms with van der Waals surface area (Å²) < 4.78 is 5.15. The van der Waals surface area contributed by atoms with Gasteiger partial charge in [0.1, 0.15) is 5.75 Å². The summed E-state index contributed by atoms with van der Waals surface area (Å²) in [5.74, 6) is 0.510. The van der Waals surface area contributed by atoms with Crippen molar-refractivity contribution in [2.45, 2.75) is 32.2 Å². The van der Waals surface area contributed by atoms with Crippen molar-refractivity contribution in [3.05, 3.63) is 29.8 Å². The number of hydrogen-bond acceptors (Lipinski definition) is 3. The first kappa shape index (κ1) is 14.5. The summed E-state index contributed by atoms with van der Waals surface area (Å²) in [5, 5.41) is 2.85. The molecule has 1 aromatic carbocycles. The van der Waals surface area contributed by atoms with Crippen LogP contribution in [0.2, 0.25) is 0 Å². The minimum absolute atomic E-state index is 0.0261. The fourth-order valence-corrected chi connectivity index (χ4v) is 1.53. The van der Waals surface area contributed by atoms with Crippen LogP contribution in [0.15, 0.2) is 24.3 Å². The minimum atomic E-state index is -0.399. The first-order valence-corrected chi connectivity index (χ1v) is 6.04. The van der Waals surface area contributed by atoms with E-state index in [1.807, 2.05) is 45.0 Å². The van der Waals surface area contributed by atoms with Gasteiger partial charge in [-0.1, -0.05) is 12.1 Å². The van der Waals surface area contributed by atoms with Crippen LogP contribution in [-0.2, 0) is 4.79 Å². The number of amides is 1. The van der Waals surface area contributed by atoms with Crippen LogP contribution in [0.25, 0.3) is 0 Å². The molecular weight excluding hydrogens is 228 g/mol. The van der Waals surface area contributed by atoms with Crippen molar-refractivity contribution >= 4 is 5.91 Å². The Hall–Kier alpha value is -1.55. The molecule has 0 heterocycles. The van der Waals surface area contributed by atoms with E-state index in [4.69, 9.17) is 10.5 Å². The Morgan fingerprint density at radius 1 is 1.50 bits per heavy atom. The second kappa shape index (κ2) is 5.87.